The van der Waals surface area contributed by atoms with Gasteiger partial charge in [0.15, 0.2) is 0 Å². The molecule has 1 aliphatic carbocycles. The lowest BCUT2D eigenvalue weighted by atomic mass is 10.2. The zero-order valence-electron chi connectivity index (χ0n) is 21.2. The number of hydrogen-bond donors (Lipinski definition) is 3. The molecule has 0 spiro atoms. The number of nitrogens with zero attached hydrogens (tertiary/aromatic N) is 2. The van der Waals surface area contributed by atoms with Crippen molar-refractivity contribution < 1.29 is 19.4 Å². The van der Waals surface area contributed by atoms with Gasteiger partial charge in [0.1, 0.15) is 6.11 Å². The van der Waals surface area contributed by atoms with Crippen molar-refractivity contribution in [2.45, 2.75) is 44.4 Å². The second kappa shape index (κ2) is 9.71. The van der Waals surface area contributed by atoms with Gasteiger partial charge in [-0.05, 0) is 67.5 Å². The Morgan fingerprint density at radius 1 is 1.13 bits per heavy atom. The van der Waals surface area contributed by atoms with Gasteiger partial charge < -0.3 is 25.4 Å². The van der Waals surface area contributed by atoms with Crippen molar-refractivity contribution in [3.63, 3.8) is 0 Å². The number of aryl methyl sites for hydroxylation is 1. The number of aliphatic hydroxyl groups is 1. The Labute approximate surface area is 224 Å². The van der Waals surface area contributed by atoms with Gasteiger partial charge >= 0.3 is 6.03 Å². The lowest BCUT2D eigenvalue weighted by Gasteiger charge is -2.19. The van der Waals surface area contributed by atoms with E-state index in [9.17, 15) is 9.59 Å². The van der Waals surface area contributed by atoms with E-state index in [1.165, 1.54) is 11.3 Å². The fourth-order valence-corrected chi connectivity index (χ4v) is 6.22. The summed E-state index contributed by atoms with van der Waals surface area (Å²) in [5, 5.41) is 17.6. The quantitative estimate of drug-likeness (QED) is 0.310. The molecule has 2 fully saturated rings. The molecule has 2 aromatic carbocycles. The molecule has 0 bridgehead atoms. The molecule has 3 N–H and O–H groups in total. The Kier molecular flexibility index (Phi) is 6.22. The molecule has 0 radical (unpaired) electrons. The van der Waals surface area contributed by atoms with Crippen molar-refractivity contribution >= 4 is 55.6 Å². The predicted molar refractivity (Wildman–Crippen MR) is 149 cm³/mol. The fraction of sp³-hybridized carbons (Fsp3) is 0.310. The highest BCUT2D eigenvalue weighted by Gasteiger charge is 2.35. The molecule has 38 heavy (non-hydrogen) atoms. The van der Waals surface area contributed by atoms with Gasteiger partial charge in [-0.2, -0.15) is 0 Å². The molecular weight excluding hydrogens is 500 g/mol. The van der Waals surface area contributed by atoms with Crippen LogP contribution in [0.4, 0.5) is 16.2 Å². The van der Waals surface area contributed by atoms with E-state index < -0.39 is 0 Å². The average molecular weight is 529 g/mol. The summed E-state index contributed by atoms with van der Waals surface area (Å²) in [6, 6.07) is 15.7. The molecule has 1 unspecified atom stereocenters. The lowest BCUT2D eigenvalue weighted by molar-refractivity contribution is 0.0712. The van der Waals surface area contributed by atoms with Gasteiger partial charge in [-0.3, -0.25) is 9.36 Å². The summed E-state index contributed by atoms with van der Waals surface area (Å²) in [5.74, 6) is 2.60. The standard InChI is InChI=1S/C29H28N4O4S/c1-17-12-19-13-21(8-9-25(19)33(17)29(36)31-20-6-7-20)30-24-5-3-4-18-14-26(38-27(18)24)28(35)32-16-23(37-2)15-22(32)10-11-34/h3-5,8-9,12-14,20,22-23,30,34H,6-7,15-16H2,1-2H3,(H,31,36)/t22?,23-/m1/s1. The van der Waals surface area contributed by atoms with Crippen molar-refractivity contribution in [1.82, 2.24) is 14.8 Å². The van der Waals surface area contributed by atoms with Crippen molar-refractivity contribution in [2.24, 2.45) is 0 Å². The third-order valence-electron chi connectivity index (χ3n) is 7.22. The first-order valence-electron chi connectivity index (χ1n) is 12.7. The van der Waals surface area contributed by atoms with Crippen molar-refractivity contribution in [3.8, 4) is 12.0 Å². The number of methoxy groups -OCH3 is 1. The minimum absolute atomic E-state index is 0.0803. The van der Waals surface area contributed by atoms with E-state index in [0.29, 0.717) is 23.9 Å². The van der Waals surface area contributed by atoms with Gasteiger partial charge in [0.2, 0.25) is 0 Å². The highest BCUT2D eigenvalue weighted by molar-refractivity contribution is 7.21. The first kappa shape index (κ1) is 24.3. The molecule has 9 heteroatoms. The van der Waals surface area contributed by atoms with E-state index in [2.05, 4.69) is 16.6 Å². The number of nitrogens with one attached hydrogen (secondary N) is 2. The van der Waals surface area contributed by atoms with Crippen LogP contribution in [0.15, 0.2) is 48.5 Å². The normalized spacial score (nSPS) is 18.9. The molecule has 1 saturated heterocycles. The number of ether oxygens (including phenoxy) is 1. The molecule has 1 saturated carbocycles. The third kappa shape index (κ3) is 4.46. The molecule has 8 nitrogen and oxygen atoms in total. The number of thiophene rings is 1. The van der Waals surface area contributed by atoms with Crippen LogP contribution < -0.4 is 10.6 Å². The first-order chi connectivity index (χ1) is 18.4. The molecule has 2 atom stereocenters. The summed E-state index contributed by atoms with van der Waals surface area (Å²) >= 11 is 1.43. The molecule has 4 aromatic rings. The maximum Gasteiger partial charge on any atom is 0.326 e. The van der Waals surface area contributed by atoms with Crippen LogP contribution in [0, 0.1) is 19.0 Å². The average Bonchev–Trinajstić information content (AvgIpc) is 3.32. The number of anilines is 2. The van der Waals surface area contributed by atoms with Crippen LogP contribution in [0.3, 0.4) is 0 Å². The van der Waals surface area contributed by atoms with Crippen molar-refractivity contribution in [1.29, 1.82) is 0 Å². The third-order valence-corrected chi connectivity index (χ3v) is 8.39. The van der Waals surface area contributed by atoms with Gasteiger partial charge in [-0.15, -0.1) is 11.3 Å². The number of hydrogen-bond acceptors (Lipinski definition) is 6. The lowest BCUT2D eigenvalue weighted by Crippen LogP contribution is -2.35. The number of fused-ring (bicyclic) bond motifs is 2. The highest BCUT2D eigenvalue weighted by Crippen LogP contribution is 2.36. The minimum atomic E-state index is -0.380. The molecule has 6 rings (SSSR count). The molecule has 2 aromatic heterocycles. The predicted octanol–water partition coefficient (Wildman–Crippen LogP) is 5.19. The number of likely N-dealkylation sites (tertiary alicyclic amines) is 1. The van der Waals surface area contributed by atoms with E-state index in [1.54, 1.807) is 16.6 Å². The van der Waals surface area contributed by atoms with Gasteiger partial charge in [0.05, 0.1) is 32.9 Å². The summed E-state index contributed by atoms with van der Waals surface area (Å²) in [6.07, 6.45) is 4.51. The zero-order valence-corrected chi connectivity index (χ0v) is 22.0. The van der Waals surface area contributed by atoms with Crippen LogP contribution >= 0.6 is 11.3 Å². The summed E-state index contributed by atoms with van der Waals surface area (Å²) < 4.78 is 8.15. The Morgan fingerprint density at radius 3 is 2.74 bits per heavy atom. The molecule has 2 amide bonds. The van der Waals surface area contributed by atoms with Gasteiger partial charge in [-0.1, -0.05) is 12.1 Å². The minimum Gasteiger partial charge on any atom is -0.462 e. The van der Waals surface area contributed by atoms with Gasteiger partial charge in [0.25, 0.3) is 5.91 Å². The fourth-order valence-electron chi connectivity index (χ4n) is 5.14. The van der Waals surface area contributed by atoms with E-state index in [4.69, 9.17) is 9.84 Å². The second-order valence-corrected chi connectivity index (χ2v) is 11.0. The SMILES string of the molecule is CO[C@@H]1CC(C#CO)N(C(=O)c2cc3cccc(Nc4ccc5c(c4)cc(C)n5C(=O)NC4CC4)c3s2)C1. The number of carbonyl (C=O) groups excluding carboxylic acids is 2. The first-order valence-corrected chi connectivity index (χ1v) is 13.5. The van der Waals surface area contributed by atoms with Crippen LogP contribution in [-0.4, -0.2) is 58.4 Å². The smallest absolute Gasteiger partial charge is 0.326 e. The van der Waals surface area contributed by atoms with E-state index >= 15 is 0 Å². The summed E-state index contributed by atoms with van der Waals surface area (Å²) in [6.45, 7) is 2.38. The number of amides is 2. The van der Waals surface area contributed by atoms with E-state index in [-0.39, 0.29) is 24.1 Å². The zero-order chi connectivity index (χ0) is 26.4. The summed E-state index contributed by atoms with van der Waals surface area (Å²) in [4.78, 5) is 28.4. The molecule has 3 heterocycles. The molecular formula is C29H28N4O4S. The molecule has 2 aliphatic rings. The topological polar surface area (TPSA) is 95.8 Å². The monoisotopic (exact) mass is 528 g/mol. The maximum atomic E-state index is 13.4. The molecule has 194 valence electrons. The second-order valence-electron chi connectivity index (χ2n) is 9.90. The number of aliphatic hydroxyl groups excluding tert-OH is 1. The Balaban J connectivity index is 1.27. The Morgan fingerprint density at radius 2 is 1.97 bits per heavy atom. The van der Waals surface area contributed by atoms with E-state index in [1.807, 2.05) is 61.6 Å². The number of carbonyl (C=O) groups is 2. The van der Waals surface area contributed by atoms with Crippen LogP contribution in [0.2, 0.25) is 0 Å². The van der Waals surface area contributed by atoms with Crippen LogP contribution in [0.1, 0.15) is 34.6 Å². The maximum absolute atomic E-state index is 13.4. The number of aromatic nitrogens is 1. The Hall–Kier alpha value is -4.00. The van der Waals surface area contributed by atoms with E-state index in [0.717, 1.165) is 50.9 Å². The van der Waals surface area contributed by atoms with Crippen LogP contribution in [0.25, 0.3) is 21.0 Å². The van der Waals surface area contributed by atoms with Crippen LogP contribution in [0.5, 0.6) is 0 Å². The molecule has 1 aliphatic heterocycles. The van der Waals surface area contributed by atoms with Crippen molar-refractivity contribution in [2.75, 3.05) is 19.0 Å². The van der Waals surface area contributed by atoms with Crippen LogP contribution in [-0.2, 0) is 4.74 Å². The number of benzene rings is 2. The highest BCUT2D eigenvalue weighted by atomic mass is 32.1. The summed E-state index contributed by atoms with van der Waals surface area (Å²) in [5.41, 5.74) is 3.55. The number of rotatable bonds is 5. The van der Waals surface area contributed by atoms with Gasteiger partial charge in [0, 0.05) is 42.9 Å². The van der Waals surface area contributed by atoms with Crippen molar-refractivity contribution in [3.05, 3.63) is 59.1 Å². The Bertz CT molecular complexity index is 1620. The largest absolute Gasteiger partial charge is 0.462 e. The van der Waals surface area contributed by atoms with Gasteiger partial charge in [-0.25, -0.2) is 4.79 Å². The summed E-state index contributed by atoms with van der Waals surface area (Å²) in [7, 11) is 1.62.